The molecule has 0 aliphatic carbocycles. The first-order chi connectivity index (χ1) is 12.3. The molecule has 0 saturated carbocycles. The van der Waals surface area contributed by atoms with Crippen LogP contribution in [0.15, 0.2) is 58.3 Å². The summed E-state index contributed by atoms with van der Waals surface area (Å²) in [5, 5.41) is 0.410. The molecule has 3 rings (SSSR count). The van der Waals surface area contributed by atoms with Crippen molar-refractivity contribution in [1.29, 1.82) is 0 Å². The molecule has 6 nitrogen and oxygen atoms in total. The monoisotopic (exact) mass is 414 g/mol. The molecular weight excluding hydrogens is 396 g/mol. The van der Waals surface area contributed by atoms with Gasteiger partial charge in [-0.3, -0.25) is 4.72 Å². The number of nitrogens with zero attached hydrogens (tertiary/aromatic N) is 1. The summed E-state index contributed by atoms with van der Waals surface area (Å²) in [6.45, 7) is 0.997. The maximum Gasteiger partial charge on any atom is 0.261 e. The number of hydrogen-bond donors (Lipinski definition) is 1. The SMILES string of the molecule is O=S(=O)(Nc1cccc(Cl)c1)c1ccc(S(=O)(=O)N2CCCCC2)cc1. The van der Waals surface area contributed by atoms with Crippen molar-refractivity contribution in [2.24, 2.45) is 0 Å². The highest BCUT2D eigenvalue weighted by atomic mass is 35.5. The van der Waals surface area contributed by atoms with Crippen LogP contribution < -0.4 is 4.72 Å². The smallest absolute Gasteiger partial charge is 0.261 e. The summed E-state index contributed by atoms with van der Waals surface area (Å²) < 4.78 is 54.0. The summed E-state index contributed by atoms with van der Waals surface area (Å²) >= 11 is 5.86. The molecule has 1 saturated heterocycles. The van der Waals surface area contributed by atoms with Crippen LogP contribution in [-0.4, -0.2) is 34.2 Å². The van der Waals surface area contributed by atoms with Crippen molar-refractivity contribution in [3.8, 4) is 0 Å². The Morgan fingerprint density at radius 3 is 2.08 bits per heavy atom. The first-order valence-electron chi connectivity index (χ1n) is 8.18. The standard InChI is InChI=1S/C17H19ClN2O4S2/c18-14-5-4-6-15(13-14)19-25(21,22)16-7-9-17(10-8-16)26(23,24)20-11-2-1-3-12-20/h4-10,13,19H,1-3,11-12H2. The highest BCUT2D eigenvalue weighted by molar-refractivity contribution is 7.92. The summed E-state index contributed by atoms with van der Waals surface area (Å²) in [5.41, 5.74) is 0.336. The molecule has 9 heteroatoms. The second-order valence-electron chi connectivity index (χ2n) is 6.05. The van der Waals surface area contributed by atoms with Crippen LogP contribution in [0.25, 0.3) is 0 Å². The van der Waals surface area contributed by atoms with Gasteiger partial charge in [0.25, 0.3) is 10.0 Å². The molecule has 0 spiro atoms. The predicted molar refractivity (Wildman–Crippen MR) is 101 cm³/mol. The van der Waals surface area contributed by atoms with Crippen LogP contribution >= 0.6 is 11.6 Å². The zero-order valence-electron chi connectivity index (χ0n) is 13.9. The number of piperidine rings is 1. The molecule has 1 N–H and O–H groups in total. The van der Waals surface area contributed by atoms with Gasteiger partial charge in [-0.05, 0) is 55.3 Å². The van der Waals surface area contributed by atoms with Crippen molar-refractivity contribution in [3.63, 3.8) is 0 Å². The van der Waals surface area contributed by atoms with Crippen LogP contribution in [0.4, 0.5) is 5.69 Å². The van der Waals surface area contributed by atoms with Gasteiger partial charge in [0.1, 0.15) is 0 Å². The zero-order valence-corrected chi connectivity index (χ0v) is 16.3. The van der Waals surface area contributed by atoms with E-state index in [4.69, 9.17) is 11.6 Å². The summed E-state index contributed by atoms with van der Waals surface area (Å²) in [5.74, 6) is 0. The number of benzene rings is 2. The number of rotatable bonds is 5. The van der Waals surface area contributed by atoms with E-state index in [2.05, 4.69) is 4.72 Å². The van der Waals surface area contributed by atoms with Crippen LogP contribution in [0.1, 0.15) is 19.3 Å². The van der Waals surface area contributed by atoms with Crippen LogP contribution in [0.2, 0.25) is 5.02 Å². The average molecular weight is 415 g/mol. The molecule has 1 aliphatic heterocycles. The van der Waals surface area contributed by atoms with Gasteiger partial charge in [0, 0.05) is 18.1 Å². The molecule has 0 amide bonds. The topological polar surface area (TPSA) is 83.5 Å². The molecule has 2 aromatic carbocycles. The largest absolute Gasteiger partial charge is 0.280 e. The molecule has 0 atom stereocenters. The van der Waals surface area contributed by atoms with Crippen LogP contribution in [0.3, 0.4) is 0 Å². The van der Waals surface area contributed by atoms with E-state index < -0.39 is 20.0 Å². The highest BCUT2D eigenvalue weighted by Gasteiger charge is 2.26. The highest BCUT2D eigenvalue weighted by Crippen LogP contribution is 2.23. The first-order valence-corrected chi connectivity index (χ1v) is 11.5. The fourth-order valence-corrected chi connectivity index (χ4v) is 5.57. The van der Waals surface area contributed by atoms with E-state index in [1.54, 1.807) is 18.2 Å². The third-order valence-electron chi connectivity index (χ3n) is 4.16. The van der Waals surface area contributed by atoms with E-state index in [0.29, 0.717) is 23.8 Å². The van der Waals surface area contributed by atoms with Gasteiger partial charge in [0.05, 0.1) is 15.5 Å². The maximum absolute atomic E-state index is 12.6. The Balaban J connectivity index is 1.82. The molecule has 26 heavy (non-hydrogen) atoms. The second kappa shape index (κ2) is 7.56. The summed E-state index contributed by atoms with van der Waals surface area (Å²) in [7, 11) is -7.42. The fraction of sp³-hybridized carbons (Fsp3) is 0.294. The number of anilines is 1. The van der Waals surface area contributed by atoms with Gasteiger partial charge in [-0.25, -0.2) is 16.8 Å². The molecule has 1 heterocycles. The minimum Gasteiger partial charge on any atom is -0.280 e. The number of nitrogens with one attached hydrogen (secondary N) is 1. The van der Waals surface area contributed by atoms with E-state index in [1.165, 1.54) is 34.6 Å². The quantitative estimate of drug-likeness (QED) is 0.813. The van der Waals surface area contributed by atoms with E-state index in [0.717, 1.165) is 19.3 Å². The first kappa shape index (κ1) is 19.2. The second-order valence-corrected chi connectivity index (χ2v) is 10.1. The molecule has 0 unspecified atom stereocenters. The van der Waals surface area contributed by atoms with Crippen molar-refractivity contribution in [3.05, 3.63) is 53.6 Å². The summed E-state index contributed by atoms with van der Waals surface area (Å²) in [4.78, 5) is 0.0798. The van der Waals surface area contributed by atoms with Gasteiger partial charge in [0.15, 0.2) is 0 Å². The molecular formula is C17H19ClN2O4S2. The molecule has 2 aromatic rings. The van der Waals surface area contributed by atoms with Crippen LogP contribution in [0, 0.1) is 0 Å². The Morgan fingerprint density at radius 2 is 1.46 bits per heavy atom. The number of halogens is 1. The van der Waals surface area contributed by atoms with Gasteiger partial charge < -0.3 is 0 Å². The molecule has 0 bridgehead atoms. The minimum absolute atomic E-state index is 0.0185. The summed E-state index contributed by atoms with van der Waals surface area (Å²) in [6.07, 6.45) is 2.71. The van der Waals surface area contributed by atoms with E-state index in [1.807, 2.05) is 0 Å². The molecule has 0 aromatic heterocycles. The van der Waals surface area contributed by atoms with Crippen molar-refractivity contribution >= 4 is 37.3 Å². The van der Waals surface area contributed by atoms with Crippen molar-refractivity contribution in [2.75, 3.05) is 17.8 Å². The van der Waals surface area contributed by atoms with Crippen molar-refractivity contribution < 1.29 is 16.8 Å². The summed E-state index contributed by atoms with van der Waals surface area (Å²) in [6, 6.07) is 11.6. The van der Waals surface area contributed by atoms with E-state index in [-0.39, 0.29) is 9.79 Å². The lowest BCUT2D eigenvalue weighted by Gasteiger charge is -2.25. The van der Waals surface area contributed by atoms with E-state index >= 15 is 0 Å². The van der Waals surface area contributed by atoms with Gasteiger partial charge in [0.2, 0.25) is 10.0 Å². The van der Waals surface area contributed by atoms with Gasteiger partial charge in [-0.15, -0.1) is 0 Å². The Kier molecular flexibility index (Phi) is 5.57. The lowest BCUT2D eigenvalue weighted by Crippen LogP contribution is -2.35. The number of hydrogen-bond acceptors (Lipinski definition) is 4. The third-order valence-corrected chi connectivity index (χ3v) is 7.71. The predicted octanol–water partition coefficient (Wildman–Crippen LogP) is 3.32. The normalized spacial score (nSPS) is 16.3. The molecule has 0 radical (unpaired) electrons. The molecule has 1 fully saturated rings. The number of sulfonamides is 2. The Bertz CT molecular complexity index is 984. The van der Waals surface area contributed by atoms with Gasteiger partial charge >= 0.3 is 0 Å². The molecule has 1 aliphatic rings. The third kappa shape index (κ3) is 4.20. The Labute approximate surface area is 158 Å². The lowest BCUT2D eigenvalue weighted by atomic mass is 10.2. The van der Waals surface area contributed by atoms with Crippen LogP contribution in [-0.2, 0) is 20.0 Å². The van der Waals surface area contributed by atoms with Gasteiger partial charge in [-0.2, -0.15) is 4.31 Å². The average Bonchev–Trinajstić information content (AvgIpc) is 2.62. The minimum atomic E-state index is -3.83. The zero-order chi connectivity index (χ0) is 18.8. The lowest BCUT2D eigenvalue weighted by molar-refractivity contribution is 0.346. The fourth-order valence-electron chi connectivity index (χ4n) is 2.81. The van der Waals surface area contributed by atoms with Crippen LogP contribution in [0.5, 0.6) is 0 Å². The van der Waals surface area contributed by atoms with Crippen molar-refractivity contribution in [2.45, 2.75) is 29.1 Å². The molecule has 140 valence electrons. The van der Waals surface area contributed by atoms with Crippen molar-refractivity contribution in [1.82, 2.24) is 4.31 Å². The Hall–Kier alpha value is -1.61. The van der Waals surface area contributed by atoms with E-state index in [9.17, 15) is 16.8 Å². The Morgan fingerprint density at radius 1 is 0.846 bits per heavy atom. The maximum atomic E-state index is 12.6. The van der Waals surface area contributed by atoms with Gasteiger partial charge in [-0.1, -0.05) is 24.1 Å².